The second-order valence-electron chi connectivity index (χ2n) is 7.33. The second kappa shape index (κ2) is 8.94. The first kappa shape index (κ1) is 20.5. The van der Waals surface area contributed by atoms with Crippen molar-refractivity contribution in [3.8, 4) is 34.6 Å². The number of ether oxygens (including phenoxy) is 1. The van der Waals surface area contributed by atoms with E-state index in [2.05, 4.69) is 17.2 Å². The number of carbonyl (C=O) groups excluding carboxylic acids is 1. The average Bonchev–Trinajstić information content (AvgIpc) is 3.06. The summed E-state index contributed by atoms with van der Waals surface area (Å²) in [4.78, 5) is 11.3. The average molecular weight is 417 g/mol. The van der Waals surface area contributed by atoms with Crippen LogP contribution in [0.5, 0.6) is 11.5 Å². The number of fused-ring (bicyclic) bond motifs is 2. The number of amides is 1. The molecule has 2 heterocycles. The monoisotopic (exact) mass is 417 g/mol. The summed E-state index contributed by atoms with van der Waals surface area (Å²) in [6.45, 7) is 2.44. The Labute approximate surface area is 180 Å². The Kier molecular flexibility index (Phi) is 5.92. The molecule has 0 fully saturated rings. The molecular formula is C24H23N3O4. The van der Waals surface area contributed by atoms with E-state index in [0.29, 0.717) is 43.1 Å². The largest absolute Gasteiger partial charge is 0.508 e. The molecule has 2 aromatic carbocycles. The Hall–Kier alpha value is -3.76. The van der Waals surface area contributed by atoms with Gasteiger partial charge in [0.2, 0.25) is 5.91 Å². The Morgan fingerprint density at radius 3 is 2.94 bits per heavy atom. The zero-order valence-corrected chi connectivity index (χ0v) is 17.2. The molecule has 7 nitrogen and oxygen atoms in total. The van der Waals surface area contributed by atoms with Crippen LogP contribution in [0, 0.1) is 11.8 Å². The fourth-order valence-electron chi connectivity index (χ4n) is 3.43. The highest BCUT2D eigenvalue weighted by Crippen LogP contribution is 2.31. The zero-order chi connectivity index (χ0) is 21.8. The van der Waals surface area contributed by atoms with E-state index in [9.17, 15) is 9.90 Å². The molecule has 1 amide bonds. The Morgan fingerprint density at radius 2 is 2.13 bits per heavy atom. The molecule has 0 unspecified atom stereocenters. The minimum atomic E-state index is -0.132. The van der Waals surface area contributed by atoms with Crippen molar-refractivity contribution in [3.63, 3.8) is 0 Å². The quantitative estimate of drug-likeness (QED) is 0.447. The molecule has 0 saturated heterocycles. The number of aromatic hydroxyl groups is 1. The van der Waals surface area contributed by atoms with E-state index in [-0.39, 0.29) is 18.3 Å². The number of anilines is 1. The number of nitrogens with one attached hydrogen (secondary N) is 1. The third-order valence-electron chi connectivity index (χ3n) is 4.91. The van der Waals surface area contributed by atoms with Crippen LogP contribution in [0.15, 0.2) is 42.5 Å². The summed E-state index contributed by atoms with van der Waals surface area (Å²) in [5.74, 6) is 6.90. The number of rotatable bonds is 4. The number of benzene rings is 2. The first-order valence-corrected chi connectivity index (χ1v) is 10.1. The van der Waals surface area contributed by atoms with Crippen molar-refractivity contribution in [2.75, 3.05) is 11.9 Å². The van der Waals surface area contributed by atoms with Gasteiger partial charge in [-0.2, -0.15) is 5.10 Å². The van der Waals surface area contributed by atoms with Gasteiger partial charge in [0, 0.05) is 48.4 Å². The lowest BCUT2D eigenvalue weighted by Crippen LogP contribution is -2.06. The van der Waals surface area contributed by atoms with Gasteiger partial charge in [0.05, 0.1) is 17.9 Å². The van der Waals surface area contributed by atoms with E-state index in [1.54, 1.807) is 18.2 Å². The first-order valence-electron chi connectivity index (χ1n) is 10.1. The van der Waals surface area contributed by atoms with Crippen LogP contribution in [0.1, 0.15) is 36.6 Å². The number of aliphatic hydroxyl groups is 1. The summed E-state index contributed by atoms with van der Waals surface area (Å²) in [6.07, 6.45) is 1.22. The predicted molar refractivity (Wildman–Crippen MR) is 117 cm³/mol. The third kappa shape index (κ3) is 4.71. The molecule has 4 rings (SSSR count). The number of hydrogen-bond acceptors (Lipinski definition) is 5. The summed E-state index contributed by atoms with van der Waals surface area (Å²) in [5, 5.41) is 26.4. The van der Waals surface area contributed by atoms with E-state index in [1.165, 1.54) is 6.92 Å². The van der Waals surface area contributed by atoms with Gasteiger partial charge in [0.25, 0.3) is 0 Å². The van der Waals surface area contributed by atoms with Gasteiger partial charge in [-0.25, -0.2) is 0 Å². The van der Waals surface area contributed by atoms with E-state index in [4.69, 9.17) is 14.9 Å². The van der Waals surface area contributed by atoms with E-state index < -0.39 is 0 Å². The van der Waals surface area contributed by atoms with E-state index >= 15 is 0 Å². The molecule has 0 spiro atoms. The molecule has 1 aliphatic heterocycles. The number of aromatic nitrogens is 2. The lowest BCUT2D eigenvalue weighted by molar-refractivity contribution is -0.114. The fourth-order valence-corrected chi connectivity index (χ4v) is 3.43. The van der Waals surface area contributed by atoms with Crippen molar-refractivity contribution in [2.24, 2.45) is 0 Å². The Bertz CT molecular complexity index is 1190. The van der Waals surface area contributed by atoms with Gasteiger partial charge in [-0.1, -0.05) is 17.9 Å². The van der Waals surface area contributed by atoms with E-state index in [0.717, 1.165) is 22.4 Å². The van der Waals surface area contributed by atoms with Gasteiger partial charge in [-0.05, 0) is 36.8 Å². The van der Waals surface area contributed by atoms with Crippen molar-refractivity contribution in [1.82, 2.24) is 9.78 Å². The predicted octanol–water partition coefficient (Wildman–Crippen LogP) is 3.28. The number of unbranched alkanes of at least 4 members (excludes halogenated alkanes) is 1. The molecule has 158 valence electrons. The minimum absolute atomic E-state index is 0.110. The second-order valence-corrected chi connectivity index (χ2v) is 7.33. The van der Waals surface area contributed by atoms with Crippen LogP contribution >= 0.6 is 0 Å². The van der Waals surface area contributed by atoms with Crippen LogP contribution in [0.4, 0.5) is 5.69 Å². The van der Waals surface area contributed by atoms with Crippen LogP contribution in [-0.2, 0) is 17.9 Å². The molecule has 1 aliphatic rings. The maximum Gasteiger partial charge on any atom is 0.221 e. The van der Waals surface area contributed by atoms with Gasteiger partial charge in [-0.3, -0.25) is 9.48 Å². The Balaban J connectivity index is 1.64. The topological polar surface area (TPSA) is 96.6 Å². The normalized spacial score (nSPS) is 11.9. The molecule has 1 aromatic heterocycles. The molecule has 0 radical (unpaired) electrons. The van der Waals surface area contributed by atoms with Gasteiger partial charge in [0.1, 0.15) is 18.1 Å². The SMILES string of the molecule is CC(=O)Nc1ccc2c(c1)OCc1cc(-c3cc(O)ccc3C#CCCCO)nn1C2. The van der Waals surface area contributed by atoms with E-state index in [1.807, 2.05) is 28.9 Å². The summed E-state index contributed by atoms with van der Waals surface area (Å²) < 4.78 is 7.86. The lowest BCUT2D eigenvalue weighted by atomic mass is 10.0. The molecule has 0 bridgehead atoms. The van der Waals surface area contributed by atoms with Crippen molar-refractivity contribution < 1.29 is 19.7 Å². The molecule has 0 atom stereocenters. The van der Waals surface area contributed by atoms with Crippen LogP contribution in [0.3, 0.4) is 0 Å². The lowest BCUT2D eigenvalue weighted by Gasteiger charge is -2.09. The van der Waals surface area contributed by atoms with Gasteiger partial charge in [-0.15, -0.1) is 0 Å². The zero-order valence-electron chi connectivity index (χ0n) is 17.2. The smallest absolute Gasteiger partial charge is 0.221 e. The van der Waals surface area contributed by atoms with Crippen molar-refractivity contribution in [2.45, 2.75) is 32.9 Å². The maximum atomic E-state index is 11.3. The highest BCUT2D eigenvalue weighted by Gasteiger charge is 2.19. The highest BCUT2D eigenvalue weighted by atomic mass is 16.5. The maximum absolute atomic E-state index is 11.3. The van der Waals surface area contributed by atoms with Crippen molar-refractivity contribution in [1.29, 1.82) is 0 Å². The number of aliphatic hydroxyl groups excluding tert-OH is 1. The molecule has 3 aromatic rings. The number of carbonyl (C=O) groups is 1. The summed E-state index contributed by atoms with van der Waals surface area (Å²) in [5.41, 5.74) is 4.77. The molecule has 0 saturated carbocycles. The summed E-state index contributed by atoms with van der Waals surface area (Å²) in [7, 11) is 0. The van der Waals surface area contributed by atoms with Gasteiger partial charge < -0.3 is 20.3 Å². The molecule has 0 aliphatic carbocycles. The third-order valence-corrected chi connectivity index (χ3v) is 4.91. The minimum Gasteiger partial charge on any atom is -0.508 e. The number of hydrogen-bond donors (Lipinski definition) is 3. The first-order chi connectivity index (χ1) is 15.0. The molecule has 3 N–H and O–H groups in total. The standard InChI is InChI=1S/C24H23N3O4/c1-16(29)25-19-8-6-18-14-27-20(15-31-24(18)11-19)12-23(26-27)22-13-21(30)9-7-17(22)5-3-2-4-10-28/h6-9,11-13,28,30H,2,4,10,14-15H2,1H3,(H,25,29). The summed E-state index contributed by atoms with van der Waals surface area (Å²) in [6, 6.07) is 12.6. The molecule has 7 heteroatoms. The highest BCUT2D eigenvalue weighted by molar-refractivity contribution is 5.88. The van der Waals surface area contributed by atoms with Crippen molar-refractivity contribution >= 4 is 11.6 Å². The van der Waals surface area contributed by atoms with Crippen LogP contribution < -0.4 is 10.1 Å². The molecular weight excluding hydrogens is 394 g/mol. The van der Waals surface area contributed by atoms with Crippen LogP contribution in [0.25, 0.3) is 11.3 Å². The summed E-state index contributed by atoms with van der Waals surface area (Å²) >= 11 is 0. The number of nitrogens with zero attached hydrogens (tertiary/aromatic N) is 2. The van der Waals surface area contributed by atoms with Gasteiger partial charge in [0.15, 0.2) is 0 Å². The number of phenolic OH excluding ortho intramolecular Hbond substituents is 1. The van der Waals surface area contributed by atoms with Gasteiger partial charge >= 0.3 is 0 Å². The van der Waals surface area contributed by atoms with Crippen LogP contribution in [0.2, 0.25) is 0 Å². The fraction of sp³-hybridized carbons (Fsp3) is 0.250. The van der Waals surface area contributed by atoms with Crippen LogP contribution in [-0.4, -0.2) is 32.5 Å². The number of phenols is 1. The molecule has 31 heavy (non-hydrogen) atoms. The van der Waals surface area contributed by atoms with Crippen molar-refractivity contribution in [3.05, 3.63) is 59.3 Å². The Morgan fingerprint density at radius 1 is 1.26 bits per heavy atom.